The summed E-state index contributed by atoms with van der Waals surface area (Å²) in [6.07, 6.45) is 5.52. The molecule has 3 rings (SSSR count). The van der Waals surface area contributed by atoms with Gasteiger partial charge in [0.05, 0.1) is 5.54 Å². The second-order valence-electron chi connectivity index (χ2n) is 8.69. The number of nitrogens with zero attached hydrogens (tertiary/aromatic N) is 2. The molecular formula is C24H29N3O2S. The molecule has 0 atom stereocenters. The Kier molecular flexibility index (Phi) is 5.74. The van der Waals surface area contributed by atoms with Gasteiger partial charge in [-0.3, -0.25) is 19.8 Å². The third-order valence-electron chi connectivity index (χ3n) is 5.57. The fourth-order valence-electron chi connectivity index (χ4n) is 4.46. The molecule has 1 N–H and O–H groups in total. The lowest BCUT2D eigenvalue weighted by atomic mass is 9.85. The molecule has 5 nitrogen and oxygen atoms in total. The number of benzene rings is 1. The Morgan fingerprint density at radius 3 is 2.50 bits per heavy atom. The lowest BCUT2D eigenvalue weighted by Gasteiger charge is -2.46. The smallest absolute Gasteiger partial charge is 0.265 e. The van der Waals surface area contributed by atoms with E-state index in [0.717, 1.165) is 16.7 Å². The van der Waals surface area contributed by atoms with Gasteiger partial charge in [-0.2, -0.15) is 0 Å². The fraction of sp³-hybridized carbons (Fsp3) is 0.375. The monoisotopic (exact) mass is 423 g/mol. The van der Waals surface area contributed by atoms with Crippen LogP contribution in [0.2, 0.25) is 0 Å². The molecule has 30 heavy (non-hydrogen) atoms. The maximum atomic E-state index is 12.9. The van der Waals surface area contributed by atoms with Gasteiger partial charge in [0.1, 0.15) is 5.57 Å². The Balaban J connectivity index is 2.12. The van der Waals surface area contributed by atoms with E-state index in [1.165, 1.54) is 16.2 Å². The van der Waals surface area contributed by atoms with Gasteiger partial charge in [0.2, 0.25) is 0 Å². The van der Waals surface area contributed by atoms with Gasteiger partial charge >= 0.3 is 0 Å². The number of rotatable bonds is 4. The van der Waals surface area contributed by atoms with E-state index in [0.29, 0.717) is 6.04 Å². The minimum absolute atomic E-state index is 0.0759. The van der Waals surface area contributed by atoms with Crippen molar-refractivity contribution in [3.05, 3.63) is 53.1 Å². The third kappa shape index (κ3) is 3.72. The summed E-state index contributed by atoms with van der Waals surface area (Å²) in [5.41, 5.74) is 5.28. The number of amides is 2. The average molecular weight is 424 g/mol. The van der Waals surface area contributed by atoms with E-state index in [1.807, 2.05) is 6.92 Å². The average Bonchev–Trinajstić information content (AvgIpc) is 2.61. The summed E-state index contributed by atoms with van der Waals surface area (Å²) in [7, 11) is 0. The van der Waals surface area contributed by atoms with Crippen molar-refractivity contribution < 1.29 is 9.59 Å². The third-order valence-corrected chi connectivity index (χ3v) is 5.90. The van der Waals surface area contributed by atoms with Crippen LogP contribution in [0.15, 0.2) is 36.4 Å². The van der Waals surface area contributed by atoms with Gasteiger partial charge in [0.15, 0.2) is 5.11 Å². The van der Waals surface area contributed by atoms with Crippen LogP contribution in [-0.4, -0.2) is 40.0 Å². The minimum atomic E-state index is -0.473. The van der Waals surface area contributed by atoms with E-state index in [-0.39, 0.29) is 22.8 Å². The summed E-state index contributed by atoms with van der Waals surface area (Å²) in [6.45, 7) is 16.8. The molecule has 6 heteroatoms. The van der Waals surface area contributed by atoms with Gasteiger partial charge in [-0.25, -0.2) is 0 Å². The molecule has 0 bridgehead atoms. The number of thiocarbonyl (C=S) groups is 1. The summed E-state index contributed by atoms with van der Waals surface area (Å²) in [5.74, 6) is -0.877. The van der Waals surface area contributed by atoms with Crippen molar-refractivity contribution in [2.24, 2.45) is 0 Å². The van der Waals surface area contributed by atoms with Gasteiger partial charge < -0.3 is 4.90 Å². The Labute approximate surface area is 184 Å². The van der Waals surface area contributed by atoms with Crippen LogP contribution >= 0.6 is 12.2 Å². The molecule has 0 aliphatic carbocycles. The van der Waals surface area contributed by atoms with Crippen molar-refractivity contribution in [3.8, 4) is 0 Å². The molecule has 0 saturated carbocycles. The van der Waals surface area contributed by atoms with Gasteiger partial charge in [-0.1, -0.05) is 12.2 Å². The van der Waals surface area contributed by atoms with Gasteiger partial charge in [0, 0.05) is 23.8 Å². The number of fused-ring (bicyclic) bond motifs is 1. The first-order chi connectivity index (χ1) is 14.0. The molecule has 2 heterocycles. The van der Waals surface area contributed by atoms with Crippen LogP contribution in [0, 0.1) is 6.92 Å². The SMILES string of the molecule is C=CCN1C(=O)/C(=C\c2cc3c(cc2C)N(C(C)C)C(C)(C)C=C3C)C(=O)NC1=S. The van der Waals surface area contributed by atoms with Crippen LogP contribution in [0.5, 0.6) is 0 Å². The second-order valence-corrected chi connectivity index (χ2v) is 9.08. The Hall–Kier alpha value is -2.73. The molecule has 0 radical (unpaired) electrons. The molecule has 0 aromatic heterocycles. The number of aryl methyl sites for hydroxylation is 1. The zero-order valence-corrected chi connectivity index (χ0v) is 19.3. The molecule has 2 aliphatic heterocycles. The standard InChI is InChI=1S/C24H29N3O2S/c1-8-9-26-22(29)19(21(28)25-23(26)30)12-17-11-18-16(5)13-24(6,7)27(14(2)3)20(18)10-15(17)4/h8,10-14H,1,9H2,2-7H3,(H,25,28,30)/b19-12-. The second kappa shape index (κ2) is 7.84. The van der Waals surface area contributed by atoms with Crippen LogP contribution < -0.4 is 10.2 Å². The minimum Gasteiger partial charge on any atom is -0.360 e. The summed E-state index contributed by atoms with van der Waals surface area (Å²) in [5, 5.41) is 2.71. The highest BCUT2D eigenvalue weighted by atomic mass is 32.1. The topological polar surface area (TPSA) is 52.7 Å². The van der Waals surface area contributed by atoms with Gasteiger partial charge in [-0.05, 0) is 88.7 Å². The van der Waals surface area contributed by atoms with E-state index in [1.54, 1.807) is 12.2 Å². The van der Waals surface area contributed by atoms with E-state index in [9.17, 15) is 9.59 Å². The van der Waals surface area contributed by atoms with Crippen LogP contribution in [-0.2, 0) is 9.59 Å². The Bertz CT molecular complexity index is 1020. The predicted octanol–water partition coefficient (Wildman–Crippen LogP) is 4.22. The van der Waals surface area contributed by atoms with E-state index >= 15 is 0 Å². The number of allylic oxidation sites excluding steroid dienone is 1. The summed E-state index contributed by atoms with van der Waals surface area (Å²) >= 11 is 5.13. The highest BCUT2D eigenvalue weighted by Crippen LogP contribution is 2.41. The molecule has 1 saturated heterocycles. The quantitative estimate of drug-likeness (QED) is 0.341. The highest BCUT2D eigenvalue weighted by Gasteiger charge is 2.35. The van der Waals surface area contributed by atoms with Crippen molar-refractivity contribution in [2.45, 2.75) is 53.1 Å². The first-order valence-electron chi connectivity index (χ1n) is 10.1. The zero-order chi connectivity index (χ0) is 22.4. The number of carbonyl (C=O) groups is 2. The highest BCUT2D eigenvalue weighted by molar-refractivity contribution is 7.80. The fourth-order valence-corrected chi connectivity index (χ4v) is 4.71. The van der Waals surface area contributed by atoms with Crippen molar-refractivity contribution in [1.82, 2.24) is 10.2 Å². The first kappa shape index (κ1) is 22.0. The Morgan fingerprint density at radius 2 is 1.90 bits per heavy atom. The molecule has 158 valence electrons. The lowest BCUT2D eigenvalue weighted by Crippen LogP contribution is -2.53. The predicted molar refractivity (Wildman–Crippen MR) is 127 cm³/mol. The molecule has 0 unspecified atom stereocenters. The Morgan fingerprint density at radius 1 is 1.23 bits per heavy atom. The number of carbonyl (C=O) groups excluding carboxylic acids is 2. The molecule has 2 aliphatic rings. The molecular weight excluding hydrogens is 394 g/mol. The van der Waals surface area contributed by atoms with E-state index in [4.69, 9.17) is 12.2 Å². The van der Waals surface area contributed by atoms with Gasteiger partial charge in [-0.15, -0.1) is 6.58 Å². The van der Waals surface area contributed by atoms with Crippen LogP contribution in [0.4, 0.5) is 5.69 Å². The molecule has 1 fully saturated rings. The number of hydrogen-bond donors (Lipinski definition) is 1. The first-order valence-corrected chi connectivity index (χ1v) is 10.5. The molecule has 1 aromatic carbocycles. The maximum absolute atomic E-state index is 12.9. The molecule has 2 amide bonds. The van der Waals surface area contributed by atoms with E-state index < -0.39 is 11.8 Å². The summed E-state index contributed by atoms with van der Waals surface area (Å²) in [4.78, 5) is 29.1. The lowest BCUT2D eigenvalue weighted by molar-refractivity contribution is -0.128. The number of hydrogen-bond acceptors (Lipinski definition) is 4. The van der Waals surface area contributed by atoms with Crippen LogP contribution in [0.25, 0.3) is 11.6 Å². The van der Waals surface area contributed by atoms with Crippen LogP contribution in [0.1, 0.15) is 51.3 Å². The number of anilines is 1. The molecule has 0 spiro atoms. The maximum Gasteiger partial charge on any atom is 0.265 e. The summed E-state index contributed by atoms with van der Waals surface area (Å²) < 4.78 is 0. The van der Waals surface area contributed by atoms with E-state index in [2.05, 4.69) is 69.6 Å². The van der Waals surface area contributed by atoms with Crippen LogP contribution in [0.3, 0.4) is 0 Å². The normalized spacial score (nSPS) is 19.8. The van der Waals surface area contributed by atoms with Crippen molar-refractivity contribution in [1.29, 1.82) is 0 Å². The van der Waals surface area contributed by atoms with Gasteiger partial charge in [0.25, 0.3) is 11.8 Å². The van der Waals surface area contributed by atoms with Crippen molar-refractivity contribution in [3.63, 3.8) is 0 Å². The summed E-state index contributed by atoms with van der Waals surface area (Å²) in [6, 6.07) is 4.54. The van der Waals surface area contributed by atoms with Crippen molar-refractivity contribution in [2.75, 3.05) is 11.4 Å². The number of nitrogens with one attached hydrogen (secondary N) is 1. The molecule has 1 aromatic rings. The zero-order valence-electron chi connectivity index (χ0n) is 18.5. The largest absolute Gasteiger partial charge is 0.360 e. The van der Waals surface area contributed by atoms with Crippen molar-refractivity contribution >= 4 is 46.5 Å².